The zero-order valence-electron chi connectivity index (χ0n) is 24.9. The van der Waals surface area contributed by atoms with E-state index in [-0.39, 0.29) is 0 Å². The van der Waals surface area contributed by atoms with Crippen LogP contribution in [0, 0.1) is 0 Å². The van der Waals surface area contributed by atoms with Crippen molar-refractivity contribution in [3.8, 4) is 0 Å². The van der Waals surface area contributed by atoms with Gasteiger partial charge in [-0.25, -0.2) is 4.98 Å². The zero-order valence-corrected chi connectivity index (χ0v) is 26.5. The number of hydrogen-bond acceptors (Lipinski definition) is 8. The number of thiophene rings is 1. The number of anilines is 1. The molecule has 6 nitrogen and oxygen atoms in total. The molecule has 0 bridgehead atoms. The van der Waals surface area contributed by atoms with Gasteiger partial charge in [-0.05, 0) is 74.7 Å². The van der Waals surface area contributed by atoms with E-state index >= 15 is 0 Å². The minimum Gasteiger partial charge on any atom is -0.372 e. The first-order chi connectivity index (χ1) is 20.2. The number of hydrogen-bond donors (Lipinski definition) is 0. The molecule has 0 saturated heterocycles. The summed E-state index contributed by atoms with van der Waals surface area (Å²) in [6.07, 6.45) is 14.9. The summed E-state index contributed by atoms with van der Waals surface area (Å²) < 4.78 is 1.06. The third-order valence-corrected chi connectivity index (χ3v) is 9.24. The number of rotatable bonds is 18. The van der Waals surface area contributed by atoms with Crippen molar-refractivity contribution in [1.82, 2.24) is 4.98 Å². The molecule has 0 aliphatic heterocycles. The Morgan fingerprint density at radius 3 is 1.83 bits per heavy atom. The van der Waals surface area contributed by atoms with E-state index in [1.54, 1.807) is 0 Å². The molecule has 0 radical (unpaired) electrons. The third-order valence-electron chi connectivity index (χ3n) is 7.31. The summed E-state index contributed by atoms with van der Waals surface area (Å²) in [7, 11) is 0. The van der Waals surface area contributed by atoms with Crippen LogP contribution in [-0.2, 0) is 6.42 Å². The van der Waals surface area contributed by atoms with E-state index in [9.17, 15) is 0 Å². The first kappa shape index (κ1) is 31.0. The molecular weight excluding hydrogens is 545 g/mol. The van der Waals surface area contributed by atoms with Gasteiger partial charge in [0.15, 0.2) is 0 Å². The summed E-state index contributed by atoms with van der Waals surface area (Å²) in [6, 6.07) is 18.7. The van der Waals surface area contributed by atoms with Gasteiger partial charge in [-0.15, -0.1) is 20.5 Å². The van der Waals surface area contributed by atoms with E-state index in [4.69, 9.17) is 0 Å². The SMILES string of the molecule is CCCCCCCCCCCCc1ccc(N=Nc2cc3sc(N=Nc4ccc(N(CC)CC)cc4)nc3s2)cc1. The van der Waals surface area contributed by atoms with Gasteiger partial charge in [-0.1, -0.05) is 99.5 Å². The Kier molecular flexibility index (Phi) is 12.9. The molecule has 0 fully saturated rings. The molecule has 0 saturated carbocycles. The molecule has 2 aromatic carbocycles. The van der Waals surface area contributed by atoms with Gasteiger partial charge >= 0.3 is 0 Å². The summed E-state index contributed by atoms with van der Waals surface area (Å²) in [6.45, 7) is 8.58. The average molecular weight is 589 g/mol. The Morgan fingerprint density at radius 2 is 1.22 bits per heavy atom. The van der Waals surface area contributed by atoms with Crippen LogP contribution in [-0.4, -0.2) is 18.1 Å². The number of fused-ring (bicyclic) bond motifs is 1. The highest BCUT2D eigenvalue weighted by Crippen LogP contribution is 2.39. The van der Waals surface area contributed by atoms with Gasteiger partial charge in [0.25, 0.3) is 0 Å². The van der Waals surface area contributed by atoms with E-state index in [2.05, 4.69) is 87.5 Å². The van der Waals surface area contributed by atoms with Gasteiger partial charge < -0.3 is 4.90 Å². The molecule has 0 N–H and O–H groups in total. The van der Waals surface area contributed by atoms with Crippen LogP contribution in [0.5, 0.6) is 0 Å². The fraction of sp³-hybridized carbons (Fsp3) is 0.485. The normalized spacial score (nSPS) is 11.9. The molecule has 0 aliphatic rings. The Hall–Kier alpha value is -2.97. The Balaban J connectivity index is 1.20. The number of nitrogens with zero attached hydrogens (tertiary/aromatic N) is 6. The standard InChI is InChI=1S/C33H44N6S2/c1-4-7-8-9-10-11-12-13-14-15-16-26-17-19-27(20-18-26)35-37-31-25-30-32(41-31)34-33(40-30)38-36-28-21-23-29(24-22-28)39(5-2)6-3/h17-25H,4-16H2,1-3H3. The lowest BCUT2D eigenvalue weighted by molar-refractivity contribution is 0.556. The van der Waals surface area contributed by atoms with Crippen LogP contribution in [0.15, 0.2) is 75.1 Å². The highest BCUT2D eigenvalue weighted by Gasteiger charge is 2.09. The summed E-state index contributed by atoms with van der Waals surface area (Å²) in [5.41, 5.74) is 4.28. The van der Waals surface area contributed by atoms with Crippen LogP contribution < -0.4 is 4.90 Å². The minimum atomic E-state index is 0.653. The Morgan fingerprint density at radius 1 is 0.634 bits per heavy atom. The van der Waals surface area contributed by atoms with Crippen LogP contribution >= 0.6 is 22.7 Å². The predicted octanol–water partition coefficient (Wildman–Crippen LogP) is 12.5. The minimum absolute atomic E-state index is 0.653. The maximum Gasteiger partial charge on any atom is 0.231 e. The Bertz CT molecular complexity index is 1320. The van der Waals surface area contributed by atoms with Crippen molar-refractivity contribution in [3.63, 3.8) is 0 Å². The van der Waals surface area contributed by atoms with Crippen molar-refractivity contribution in [2.24, 2.45) is 20.5 Å². The second kappa shape index (κ2) is 17.1. The molecule has 218 valence electrons. The molecule has 4 rings (SSSR count). The van der Waals surface area contributed by atoms with Gasteiger partial charge in [0, 0.05) is 18.8 Å². The van der Waals surface area contributed by atoms with Crippen LogP contribution in [0.4, 0.5) is 27.2 Å². The van der Waals surface area contributed by atoms with Gasteiger partial charge in [0.1, 0.15) is 9.83 Å². The highest BCUT2D eigenvalue weighted by molar-refractivity contribution is 7.30. The third kappa shape index (κ3) is 10.1. The van der Waals surface area contributed by atoms with Crippen LogP contribution in [0.2, 0.25) is 0 Å². The van der Waals surface area contributed by atoms with Gasteiger partial charge in [0.2, 0.25) is 5.13 Å². The molecule has 41 heavy (non-hydrogen) atoms. The maximum absolute atomic E-state index is 4.62. The fourth-order valence-corrected chi connectivity index (χ4v) is 6.73. The summed E-state index contributed by atoms with van der Waals surface area (Å²) in [5, 5.41) is 19.1. The molecule has 0 aliphatic carbocycles. The molecular formula is C33H44N6S2. The van der Waals surface area contributed by atoms with Crippen LogP contribution in [0.1, 0.15) is 90.5 Å². The largest absolute Gasteiger partial charge is 0.372 e. The second-order valence-electron chi connectivity index (χ2n) is 10.4. The lowest BCUT2D eigenvalue weighted by Gasteiger charge is -2.20. The smallest absolute Gasteiger partial charge is 0.231 e. The molecule has 2 heterocycles. The predicted molar refractivity (Wildman–Crippen MR) is 178 cm³/mol. The maximum atomic E-state index is 4.62. The number of benzene rings is 2. The summed E-state index contributed by atoms with van der Waals surface area (Å²) in [4.78, 5) is 7.84. The van der Waals surface area contributed by atoms with Crippen molar-refractivity contribution in [2.75, 3.05) is 18.0 Å². The van der Waals surface area contributed by atoms with Crippen molar-refractivity contribution in [2.45, 2.75) is 91.4 Å². The quantitative estimate of drug-likeness (QED) is 0.0857. The van der Waals surface area contributed by atoms with Gasteiger partial charge in [-0.2, -0.15) is 0 Å². The van der Waals surface area contributed by atoms with Crippen LogP contribution in [0.25, 0.3) is 9.53 Å². The number of thiazole rings is 1. The van der Waals surface area contributed by atoms with Crippen molar-refractivity contribution in [3.05, 3.63) is 60.2 Å². The van der Waals surface area contributed by atoms with E-state index in [0.717, 1.165) is 45.4 Å². The number of aryl methyl sites for hydroxylation is 1. The van der Waals surface area contributed by atoms with Gasteiger partial charge in [-0.3, -0.25) is 0 Å². The number of azo groups is 2. The molecule has 0 spiro atoms. The molecule has 0 atom stereocenters. The number of unbranched alkanes of at least 4 members (excludes halogenated alkanes) is 9. The zero-order chi connectivity index (χ0) is 28.7. The highest BCUT2D eigenvalue weighted by atomic mass is 32.1. The van der Waals surface area contributed by atoms with E-state index in [1.165, 1.54) is 98.1 Å². The van der Waals surface area contributed by atoms with Gasteiger partial charge in [0.05, 0.1) is 16.1 Å². The lowest BCUT2D eigenvalue weighted by Crippen LogP contribution is -2.21. The monoisotopic (exact) mass is 588 g/mol. The van der Waals surface area contributed by atoms with E-state index < -0.39 is 0 Å². The molecule has 2 aromatic heterocycles. The van der Waals surface area contributed by atoms with E-state index in [0.29, 0.717) is 5.13 Å². The fourth-order valence-electron chi connectivity index (χ4n) is 4.88. The van der Waals surface area contributed by atoms with E-state index in [1.807, 2.05) is 18.2 Å². The molecule has 4 aromatic rings. The number of aromatic nitrogens is 1. The summed E-state index contributed by atoms with van der Waals surface area (Å²) in [5.74, 6) is 0. The second-order valence-corrected chi connectivity index (χ2v) is 12.5. The summed E-state index contributed by atoms with van der Waals surface area (Å²) >= 11 is 3.05. The molecule has 0 unspecified atom stereocenters. The molecule has 0 amide bonds. The molecule has 8 heteroatoms. The topological polar surface area (TPSA) is 65.6 Å². The first-order valence-corrected chi connectivity index (χ1v) is 17.0. The average Bonchev–Trinajstić information content (AvgIpc) is 3.56. The van der Waals surface area contributed by atoms with Crippen LogP contribution in [0.3, 0.4) is 0 Å². The lowest BCUT2D eigenvalue weighted by atomic mass is 10.0. The van der Waals surface area contributed by atoms with Crippen molar-refractivity contribution in [1.29, 1.82) is 0 Å². The van der Waals surface area contributed by atoms with Crippen molar-refractivity contribution < 1.29 is 0 Å². The first-order valence-electron chi connectivity index (χ1n) is 15.4. The Labute approximate surface area is 253 Å². The van der Waals surface area contributed by atoms with Crippen molar-refractivity contribution >= 4 is 59.4 Å².